The molecule has 214 valence electrons. The van der Waals surface area contributed by atoms with Crippen molar-refractivity contribution >= 4 is 50.1 Å². The third-order valence-electron chi connectivity index (χ3n) is 7.28. The van der Waals surface area contributed by atoms with E-state index in [1.165, 1.54) is 24.3 Å². The molecule has 8 nitrogen and oxygen atoms in total. The zero-order valence-electron chi connectivity index (χ0n) is 22.7. The van der Waals surface area contributed by atoms with Crippen LogP contribution in [0.2, 0.25) is 5.02 Å². The molecule has 3 aromatic carbocycles. The number of halogens is 2. The second-order valence-electron chi connectivity index (χ2n) is 10.2. The molecular weight excluding hydrogens is 565 g/mol. The molecule has 1 aliphatic rings. The van der Waals surface area contributed by atoms with Gasteiger partial charge in [-0.25, -0.2) is 22.8 Å². The summed E-state index contributed by atoms with van der Waals surface area (Å²) in [4.78, 5) is 20.5. The van der Waals surface area contributed by atoms with Gasteiger partial charge in [-0.15, -0.1) is 0 Å². The number of nitrogens with zero attached hydrogens (tertiary/aromatic N) is 2. The van der Waals surface area contributed by atoms with Gasteiger partial charge in [0.15, 0.2) is 0 Å². The summed E-state index contributed by atoms with van der Waals surface area (Å²) in [5.74, 6) is -0.146. The number of anilines is 2. The van der Waals surface area contributed by atoms with Crippen molar-refractivity contribution in [3.63, 3.8) is 0 Å². The average molecular weight is 596 g/mol. The van der Waals surface area contributed by atoms with Crippen LogP contribution in [0.5, 0.6) is 0 Å². The predicted molar refractivity (Wildman–Crippen MR) is 160 cm³/mol. The molecule has 1 aliphatic carbocycles. The first kappa shape index (κ1) is 28.8. The van der Waals surface area contributed by atoms with Gasteiger partial charge in [0, 0.05) is 30.6 Å². The molecule has 0 atom stereocenters. The second-order valence-corrected chi connectivity index (χ2v) is 12.3. The van der Waals surface area contributed by atoms with Gasteiger partial charge in [0.25, 0.3) is 10.0 Å². The predicted octanol–water partition coefficient (Wildman–Crippen LogP) is 6.31. The number of amides is 1. The lowest BCUT2D eigenvalue weighted by molar-refractivity contribution is -0.119. The Balaban J connectivity index is 1.35. The number of hydrogen-bond donors (Lipinski definition) is 3. The van der Waals surface area contributed by atoms with E-state index in [4.69, 9.17) is 16.6 Å². The van der Waals surface area contributed by atoms with Crippen LogP contribution in [0.25, 0.3) is 22.0 Å². The van der Waals surface area contributed by atoms with E-state index >= 15 is 4.39 Å². The molecule has 5 rings (SSSR count). The summed E-state index contributed by atoms with van der Waals surface area (Å²) in [6.45, 7) is 3.58. The lowest BCUT2D eigenvalue weighted by atomic mass is 9.91. The highest BCUT2D eigenvalue weighted by Crippen LogP contribution is 2.31. The first-order valence-electron chi connectivity index (χ1n) is 13.5. The maximum absolute atomic E-state index is 15.1. The van der Waals surface area contributed by atoms with Crippen LogP contribution < -0.4 is 15.4 Å². The van der Waals surface area contributed by atoms with Crippen LogP contribution in [0.4, 0.5) is 16.0 Å². The second kappa shape index (κ2) is 12.0. The third-order valence-corrected chi connectivity index (χ3v) is 9.15. The van der Waals surface area contributed by atoms with Crippen molar-refractivity contribution in [1.29, 1.82) is 0 Å². The summed E-state index contributed by atoms with van der Waals surface area (Å²) in [6, 6.07) is 14.7. The average Bonchev–Trinajstić information content (AvgIpc) is 2.94. The molecule has 0 saturated heterocycles. The summed E-state index contributed by atoms with van der Waals surface area (Å²) in [5, 5.41) is 7.31. The topological polar surface area (TPSA) is 113 Å². The zero-order chi connectivity index (χ0) is 29.1. The lowest BCUT2D eigenvalue weighted by Crippen LogP contribution is -2.39. The fourth-order valence-corrected chi connectivity index (χ4v) is 6.80. The maximum atomic E-state index is 15.1. The molecule has 3 N–H and O–H groups in total. The molecule has 0 aliphatic heterocycles. The van der Waals surface area contributed by atoms with Gasteiger partial charge < -0.3 is 10.6 Å². The fraction of sp³-hybridized carbons (Fsp3) is 0.300. The van der Waals surface area contributed by atoms with E-state index in [1.54, 1.807) is 31.3 Å². The van der Waals surface area contributed by atoms with Gasteiger partial charge in [0.2, 0.25) is 11.9 Å². The minimum Gasteiger partial charge on any atom is -0.354 e. The molecular formula is C30H31ClFN5O3S. The van der Waals surface area contributed by atoms with E-state index in [-0.39, 0.29) is 33.6 Å². The third kappa shape index (κ3) is 6.60. The Morgan fingerprint density at radius 3 is 2.44 bits per heavy atom. The van der Waals surface area contributed by atoms with E-state index < -0.39 is 15.8 Å². The summed E-state index contributed by atoms with van der Waals surface area (Å²) in [6.07, 6.45) is 6.12. The number of carbonyl (C=O) groups excluding carboxylic acids is 1. The number of aromatic nitrogens is 2. The molecule has 0 unspecified atom stereocenters. The Bertz CT molecular complexity index is 1710. The molecule has 1 heterocycles. The van der Waals surface area contributed by atoms with Gasteiger partial charge in [0.05, 0.1) is 16.2 Å². The Hall–Kier alpha value is -3.76. The van der Waals surface area contributed by atoms with Gasteiger partial charge in [-0.05, 0) is 85.2 Å². The fourth-order valence-electron chi connectivity index (χ4n) is 5.22. The van der Waals surface area contributed by atoms with Crippen molar-refractivity contribution < 1.29 is 17.6 Å². The first-order valence-corrected chi connectivity index (χ1v) is 15.4. The van der Waals surface area contributed by atoms with E-state index in [0.717, 1.165) is 47.7 Å². The zero-order valence-corrected chi connectivity index (χ0v) is 24.3. The number of benzene rings is 3. The van der Waals surface area contributed by atoms with Crippen molar-refractivity contribution in [3.8, 4) is 11.1 Å². The van der Waals surface area contributed by atoms with Crippen LogP contribution in [0.1, 0.15) is 45.1 Å². The molecule has 1 fully saturated rings. The first-order chi connectivity index (χ1) is 19.6. The van der Waals surface area contributed by atoms with Gasteiger partial charge >= 0.3 is 0 Å². The molecule has 1 amide bonds. The number of rotatable bonds is 8. The largest absolute Gasteiger partial charge is 0.354 e. The van der Waals surface area contributed by atoms with Crippen LogP contribution >= 0.6 is 11.6 Å². The number of carbonyl (C=O) groups is 1. The number of hydrogen-bond acceptors (Lipinski definition) is 6. The lowest BCUT2D eigenvalue weighted by Gasteiger charge is -2.29. The minimum atomic E-state index is -4.07. The summed E-state index contributed by atoms with van der Waals surface area (Å²) in [5.41, 5.74) is 3.01. The Morgan fingerprint density at radius 1 is 1.02 bits per heavy atom. The number of sulfonamides is 1. The molecule has 11 heteroatoms. The van der Waals surface area contributed by atoms with Crippen molar-refractivity contribution in [3.05, 3.63) is 77.2 Å². The molecule has 41 heavy (non-hydrogen) atoms. The van der Waals surface area contributed by atoms with Gasteiger partial charge in [-0.2, -0.15) is 0 Å². The van der Waals surface area contributed by atoms with E-state index in [0.29, 0.717) is 17.9 Å². The Labute approximate surface area is 243 Å². The highest BCUT2D eigenvalue weighted by Gasteiger charge is 2.23. The molecule has 0 bridgehead atoms. The normalized spacial score (nSPS) is 17.3. The summed E-state index contributed by atoms with van der Waals surface area (Å²) < 4.78 is 43.0. The Morgan fingerprint density at radius 2 is 1.76 bits per heavy atom. The summed E-state index contributed by atoms with van der Waals surface area (Å²) in [7, 11) is -4.07. The van der Waals surface area contributed by atoms with Crippen molar-refractivity contribution in [1.82, 2.24) is 15.3 Å². The molecule has 1 saturated carbocycles. The standard InChI is InChI=1S/C30H31ClFN5O3S/c1-3-19-14-21(20-8-13-27(26(32)16-20)37-41(39,40)28-7-5-4-6-25(28)31)15-22-17-33-30(36-29(19)22)35-24-11-9-23(10-12-24)34-18(2)38/h4-8,13-17,23-24,37H,3,9-12H2,1-2H3,(H,34,38)(H,33,35,36)/t23-,24-. The number of aryl methyl sites for hydroxylation is 1. The Kier molecular flexibility index (Phi) is 8.42. The van der Waals surface area contributed by atoms with Crippen molar-refractivity contribution in [2.75, 3.05) is 10.0 Å². The molecule has 1 aromatic heterocycles. The number of nitrogens with one attached hydrogen (secondary N) is 3. The van der Waals surface area contributed by atoms with Crippen molar-refractivity contribution in [2.24, 2.45) is 0 Å². The van der Waals surface area contributed by atoms with Gasteiger partial charge in [0.1, 0.15) is 10.7 Å². The van der Waals surface area contributed by atoms with Gasteiger partial charge in [-0.3, -0.25) is 9.52 Å². The molecule has 0 radical (unpaired) electrons. The van der Waals surface area contributed by atoms with E-state index in [2.05, 4.69) is 20.3 Å². The highest BCUT2D eigenvalue weighted by molar-refractivity contribution is 7.92. The van der Waals surface area contributed by atoms with Crippen LogP contribution in [-0.4, -0.2) is 36.4 Å². The highest BCUT2D eigenvalue weighted by atomic mass is 35.5. The van der Waals surface area contributed by atoms with Crippen molar-refractivity contribution in [2.45, 2.75) is 62.9 Å². The smallest absolute Gasteiger partial charge is 0.263 e. The van der Waals surface area contributed by atoms with E-state index in [9.17, 15) is 13.2 Å². The number of fused-ring (bicyclic) bond motifs is 1. The quantitative estimate of drug-likeness (QED) is 0.220. The van der Waals surface area contributed by atoms with Crippen LogP contribution in [0.3, 0.4) is 0 Å². The van der Waals surface area contributed by atoms with E-state index in [1.807, 2.05) is 19.1 Å². The molecule has 0 spiro atoms. The van der Waals surface area contributed by atoms with Crippen LogP contribution in [-0.2, 0) is 21.2 Å². The minimum absolute atomic E-state index is 0.00227. The maximum Gasteiger partial charge on any atom is 0.263 e. The monoisotopic (exact) mass is 595 g/mol. The SMILES string of the molecule is CCc1cc(-c2ccc(NS(=O)(=O)c3ccccc3Cl)c(F)c2)cc2cnc(N[C@H]3CC[C@H](NC(C)=O)CC3)nc12. The molecule has 4 aromatic rings. The van der Waals surface area contributed by atoms with Crippen LogP contribution in [0.15, 0.2) is 65.7 Å². The van der Waals surface area contributed by atoms with Crippen LogP contribution in [0, 0.1) is 5.82 Å². The summed E-state index contributed by atoms with van der Waals surface area (Å²) >= 11 is 6.04. The van der Waals surface area contributed by atoms with Gasteiger partial charge in [-0.1, -0.05) is 36.7 Å².